The van der Waals surface area contributed by atoms with Gasteiger partial charge in [0.2, 0.25) is 5.82 Å². The zero-order valence-electron chi connectivity index (χ0n) is 13.0. The van der Waals surface area contributed by atoms with Gasteiger partial charge >= 0.3 is 0 Å². The number of para-hydroxylation sites is 1. The van der Waals surface area contributed by atoms with Crippen LogP contribution in [0.15, 0.2) is 48.7 Å². The minimum absolute atomic E-state index is 0.134. The molecule has 3 aromatic rings. The van der Waals surface area contributed by atoms with Gasteiger partial charge in [-0.3, -0.25) is 20.4 Å². The number of hydrogen-bond acceptors (Lipinski definition) is 6. The molecule has 2 aromatic heterocycles. The van der Waals surface area contributed by atoms with E-state index in [4.69, 9.17) is 4.74 Å². The number of carbonyl (C=O) groups excluding carboxylic acids is 2. The van der Waals surface area contributed by atoms with Crippen LogP contribution in [0.5, 0.6) is 5.75 Å². The molecule has 0 spiro atoms. The number of carbonyl (C=O) groups is 2. The summed E-state index contributed by atoms with van der Waals surface area (Å²) in [6.07, 6.45) is 1.61. The van der Waals surface area contributed by atoms with Crippen LogP contribution in [-0.2, 0) is 17.9 Å². The Bertz CT molecular complexity index is 830. The van der Waals surface area contributed by atoms with Gasteiger partial charge in [0.15, 0.2) is 6.61 Å². The van der Waals surface area contributed by atoms with E-state index in [0.29, 0.717) is 17.3 Å². The van der Waals surface area contributed by atoms with Crippen LogP contribution in [0.25, 0.3) is 0 Å². The molecule has 0 atom stereocenters. The highest BCUT2D eigenvalue weighted by Gasteiger charge is 2.10. The second-order valence-electron chi connectivity index (χ2n) is 4.92. The van der Waals surface area contributed by atoms with Crippen LogP contribution >= 0.6 is 0 Å². The molecule has 0 unspecified atom stereocenters. The summed E-state index contributed by atoms with van der Waals surface area (Å²) >= 11 is 0. The molecular weight excluding hydrogens is 326 g/mol. The van der Waals surface area contributed by atoms with Gasteiger partial charge in [0.25, 0.3) is 11.8 Å². The van der Waals surface area contributed by atoms with E-state index in [-0.39, 0.29) is 13.2 Å². The number of hydrazine groups is 1. The van der Waals surface area contributed by atoms with E-state index < -0.39 is 11.8 Å². The fourth-order valence-corrected chi connectivity index (χ4v) is 1.90. The van der Waals surface area contributed by atoms with Crippen LogP contribution in [0.2, 0.25) is 0 Å². The molecule has 25 heavy (non-hydrogen) atoms. The molecule has 1 aromatic carbocycles. The average Bonchev–Trinajstić information content (AvgIpc) is 3.31. The molecule has 0 saturated heterocycles. The highest BCUT2D eigenvalue weighted by Crippen LogP contribution is 2.09. The lowest BCUT2D eigenvalue weighted by Gasteiger charge is -2.05. The van der Waals surface area contributed by atoms with Crippen LogP contribution in [-0.4, -0.2) is 37.0 Å². The lowest BCUT2D eigenvalue weighted by atomic mass is 10.3. The molecule has 0 saturated carbocycles. The first-order valence-corrected chi connectivity index (χ1v) is 7.38. The summed E-state index contributed by atoms with van der Waals surface area (Å²) in [7, 11) is 0. The Morgan fingerprint density at radius 1 is 1.12 bits per heavy atom. The quantitative estimate of drug-likeness (QED) is 0.543. The summed E-state index contributed by atoms with van der Waals surface area (Å²) in [6.45, 7) is -0.0570. The number of H-pyrrole nitrogens is 1. The van der Waals surface area contributed by atoms with Gasteiger partial charge in [0.1, 0.15) is 18.0 Å². The molecule has 10 nitrogen and oxygen atoms in total. The van der Waals surface area contributed by atoms with Crippen LogP contribution < -0.4 is 15.6 Å². The van der Waals surface area contributed by atoms with Gasteiger partial charge in [-0.1, -0.05) is 18.2 Å². The third-order valence-corrected chi connectivity index (χ3v) is 3.05. The van der Waals surface area contributed by atoms with Crippen molar-refractivity contribution < 1.29 is 14.3 Å². The Balaban J connectivity index is 1.44. The predicted molar refractivity (Wildman–Crippen MR) is 85.0 cm³/mol. The molecule has 128 valence electrons. The second-order valence-corrected chi connectivity index (χ2v) is 4.92. The Morgan fingerprint density at radius 3 is 2.72 bits per heavy atom. The number of amides is 2. The first-order valence-electron chi connectivity index (χ1n) is 7.38. The molecule has 10 heteroatoms. The fourth-order valence-electron chi connectivity index (χ4n) is 1.90. The maximum Gasteiger partial charge on any atom is 0.286 e. The number of aromatic nitrogens is 5. The average molecular weight is 341 g/mol. The number of nitrogens with zero attached hydrogens (tertiary/aromatic N) is 4. The monoisotopic (exact) mass is 341 g/mol. The number of hydrogen-bond donors (Lipinski definition) is 3. The molecule has 0 fully saturated rings. The van der Waals surface area contributed by atoms with Crippen molar-refractivity contribution in [3.05, 3.63) is 60.2 Å². The van der Waals surface area contributed by atoms with Crippen LogP contribution in [0.1, 0.15) is 16.3 Å². The van der Waals surface area contributed by atoms with Gasteiger partial charge in [-0.2, -0.15) is 4.80 Å². The van der Waals surface area contributed by atoms with Crippen molar-refractivity contribution in [3.63, 3.8) is 0 Å². The largest absolute Gasteiger partial charge is 0.485 e. The smallest absolute Gasteiger partial charge is 0.286 e. The third-order valence-electron chi connectivity index (χ3n) is 3.05. The van der Waals surface area contributed by atoms with Gasteiger partial charge in [0.05, 0.1) is 0 Å². The maximum absolute atomic E-state index is 11.8. The van der Waals surface area contributed by atoms with E-state index in [1.165, 1.54) is 0 Å². The van der Waals surface area contributed by atoms with Crippen LogP contribution in [0.3, 0.4) is 0 Å². The summed E-state index contributed by atoms with van der Waals surface area (Å²) in [5.74, 6) is 0.0744. The van der Waals surface area contributed by atoms with Crippen molar-refractivity contribution >= 4 is 11.8 Å². The van der Waals surface area contributed by atoms with E-state index >= 15 is 0 Å². The van der Waals surface area contributed by atoms with Crippen molar-refractivity contribution in [3.8, 4) is 5.75 Å². The summed E-state index contributed by atoms with van der Waals surface area (Å²) in [6, 6.07) is 12.5. The molecule has 0 aliphatic carbocycles. The molecule has 2 heterocycles. The number of tetrazole rings is 1. The van der Waals surface area contributed by atoms with Gasteiger partial charge in [-0.25, -0.2) is 0 Å². The van der Waals surface area contributed by atoms with Gasteiger partial charge in [-0.15, -0.1) is 10.2 Å². The SMILES string of the molecule is O=C(Cn1nnc(COc2ccccc2)n1)NNC(=O)c1ccc[nH]1. The number of ether oxygens (including phenoxy) is 1. The van der Waals surface area contributed by atoms with Crippen molar-refractivity contribution in [2.24, 2.45) is 0 Å². The Morgan fingerprint density at radius 2 is 1.96 bits per heavy atom. The Labute approximate surface area is 142 Å². The fraction of sp³-hybridized carbons (Fsp3) is 0.133. The van der Waals surface area contributed by atoms with Gasteiger partial charge in [0, 0.05) is 6.20 Å². The summed E-state index contributed by atoms with van der Waals surface area (Å²) in [4.78, 5) is 27.3. The minimum atomic E-state index is -0.493. The number of aromatic amines is 1. The molecule has 3 N–H and O–H groups in total. The highest BCUT2D eigenvalue weighted by atomic mass is 16.5. The number of rotatable bonds is 6. The van der Waals surface area contributed by atoms with Crippen molar-refractivity contribution in [1.29, 1.82) is 0 Å². The number of benzene rings is 1. The van der Waals surface area contributed by atoms with Gasteiger partial charge in [-0.05, 0) is 29.5 Å². The molecule has 0 radical (unpaired) electrons. The summed E-state index contributed by atoms with van der Waals surface area (Å²) in [5.41, 5.74) is 4.88. The van der Waals surface area contributed by atoms with E-state index in [1.807, 2.05) is 30.3 Å². The zero-order chi connectivity index (χ0) is 17.5. The van der Waals surface area contributed by atoms with Crippen LogP contribution in [0.4, 0.5) is 0 Å². The topological polar surface area (TPSA) is 127 Å². The molecular formula is C15H15N7O3. The summed E-state index contributed by atoms with van der Waals surface area (Å²) < 4.78 is 5.49. The van der Waals surface area contributed by atoms with Crippen molar-refractivity contribution in [1.82, 2.24) is 36.0 Å². The molecule has 0 bridgehead atoms. The Hall–Kier alpha value is -3.69. The van der Waals surface area contributed by atoms with Crippen molar-refractivity contribution in [2.75, 3.05) is 0 Å². The molecule has 0 aliphatic rings. The normalized spacial score (nSPS) is 10.2. The molecule has 3 rings (SSSR count). The van der Waals surface area contributed by atoms with E-state index in [1.54, 1.807) is 18.3 Å². The zero-order valence-corrected chi connectivity index (χ0v) is 13.0. The van der Waals surface area contributed by atoms with E-state index in [9.17, 15) is 9.59 Å². The molecule has 0 aliphatic heterocycles. The molecule has 2 amide bonds. The van der Waals surface area contributed by atoms with Crippen LogP contribution in [0, 0.1) is 0 Å². The van der Waals surface area contributed by atoms with Crippen molar-refractivity contribution in [2.45, 2.75) is 13.2 Å². The standard InChI is InChI=1S/C15H15N7O3/c23-14(18-19-15(24)12-7-4-8-16-12)9-22-20-13(17-21-22)10-25-11-5-2-1-3-6-11/h1-8,16H,9-10H2,(H,18,23)(H,19,24). The maximum atomic E-state index is 11.8. The first-order chi connectivity index (χ1) is 12.2. The number of nitrogens with one attached hydrogen (secondary N) is 3. The third kappa shape index (κ3) is 4.64. The highest BCUT2D eigenvalue weighted by molar-refractivity contribution is 5.93. The summed E-state index contributed by atoms with van der Waals surface area (Å²) in [5, 5.41) is 11.6. The van der Waals surface area contributed by atoms with E-state index in [2.05, 4.69) is 31.2 Å². The van der Waals surface area contributed by atoms with Gasteiger partial charge < -0.3 is 9.72 Å². The lowest BCUT2D eigenvalue weighted by molar-refractivity contribution is -0.122. The minimum Gasteiger partial charge on any atom is -0.485 e. The Kier molecular flexibility index (Phi) is 5.00. The van der Waals surface area contributed by atoms with E-state index in [0.717, 1.165) is 4.80 Å². The second kappa shape index (κ2) is 7.73. The predicted octanol–water partition coefficient (Wildman–Crippen LogP) is 0.0414. The lowest BCUT2D eigenvalue weighted by Crippen LogP contribution is -2.43. The first kappa shape index (κ1) is 16.2.